The molecule has 1 aromatic carbocycles. The maximum atomic E-state index is 14.0. The lowest BCUT2D eigenvalue weighted by atomic mass is 10.1. The summed E-state index contributed by atoms with van der Waals surface area (Å²) in [6.45, 7) is 5.54. The maximum Gasteiger partial charge on any atom is 0.194 e. The van der Waals surface area contributed by atoms with Crippen LogP contribution in [-0.4, -0.2) is 70.6 Å². The molecule has 1 aliphatic heterocycles. The van der Waals surface area contributed by atoms with Gasteiger partial charge in [0.15, 0.2) is 5.96 Å². The van der Waals surface area contributed by atoms with E-state index in [1.165, 1.54) is 12.3 Å². The lowest BCUT2D eigenvalue weighted by molar-refractivity contribution is 0.369. The van der Waals surface area contributed by atoms with Crippen molar-refractivity contribution in [2.75, 3.05) is 56.2 Å². The Kier molecular flexibility index (Phi) is 8.11. The fourth-order valence-corrected chi connectivity index (χ4v) is 5.13. The van der Waals surface area contributed by atoms with Crippen LogP contribution in [0.3, 0.4) is 0 Å². The van der Waals surface area contributed by atoms with Gasteiger partial charge in [-0.3, -0.25) is 4.99 Å². The van der Waals surface area contributed by atoms with E-state index in [1.807, 2.05) is 11.8 Å². The first-order chi connectivity index (χ1) is 13.2. The summed E-state index contributed by atoms with van der Waals surface area (Å²) in [5, 5.41) is 3.26. The summed E-state index contributed by atoms with van der Waals surface area (Å²) in [7, 11) is -3.03. The van der Waals surface area contributed by atoms with Crippen molar-refractivity contribution in [2.45, 2.75) is 19.8 Å². The number of halogens is 3. The summed E-state index contributed by atoms with van der Waals surface area (Å²) in [4.78, 5) is 8.63. The number of nitrogens with zero attached hydrogens (tertiary/aromatic N) is 3. The molecule has 0 atom stereocenters. The van der Waals surface area contributed by atoms with Gasteiger partial charge < -0.3 is 15.1 Å². The van der Waals surface area contributed by atoms with Gasteiger partial charge in [-0.1, -0.05) is 0 Å². The summed E-state index contributed by atoms with van der Waals surface area (Å²) >= 11 is 0. The molecule has 2 fully saturated rings. The fraction of sp³-hybridized carbons (Fsp3) is 0.632. The minimum absolute atomic E-state index is 0. The second-order valence-corrected chi connectivity index (χ2v) is 9.95. The number of aliphatic imine (C=N–C) groups is 1. The van der Waals surface area contributed by atoms with Gasteiger partial charge in [-0.25, -0.2) is 17.2 Å². The zero-order valence-corrected chi connectivity index (χ0v) is 20.0. The smallest absolute Gasteiger partial charge is 0.194 e. The third-order valence-electron chi connectivity index (χ3n) is 5.25. The van der Waals surface area contributed by atoms with Crippen molar-refractivity contribution in [1.29, 1.82) is 0 Å². The molecule has 1 saturated carbocycles. The Hall–Kier alpha value is -1.17. The first kappa shape index (κ1) is 24.1. The van der Waals surface area contributed by atoms with Crippen molar-refractivity contribution in [2.24, 2.45) is 10.4 Å². The lowest BCUT2D eigenvalue weighted by Crippen LogP contribution is -2.53. The van der Waals surface area contributed by atoms with Crippen LogP contribution in [0.5, 0.6) is 0 Å². The van der Waals surface area contributed by atoms with E-state index < -0.39 is 21.5 Å². The normalized spacial score (nSPS) is 19.0. The van der Waals surface area contributed by atoms with Crippen molar-refractivity contribution >= 4 is 45.5 Å². The monoisotopic (exact) mass is 542 g/mol. The highest BCUT2D eigenvalue weighted by Crippen LogP contribution is 2.46. The van der Waals surface area contributed by atoms with Crippen LogP contribution >= 0.6 is 24.0 Å². The summed E-state index contributed by atoms with van der Waals surface area (Å²) in [5.74, 6) is 0.0538. The Labute approximate surface area is 188 Å². The molecule has 1 aliphatic carbocycles. The summed E-state index contributed by atoms with van der Waals surface area (Å²) in [6.07, 6.45) is 3.04. The van der Waals surface area contributed by atoms with Crippen molar-refractivity contribution in [1.82, 2.24) is 10.2 Å². The summed E-state index contributed by atoms with van der Waals surface area (Å²) in [5.41, 5.74) is 0.0625. The molecule has 10 heteroatoms. The third-order valence-corrected chi connectivity index (χ3v) is 6.39. The predicted octanol–water partition coefficient (Wildman–Crippen LogP) is 2.50. The number of hydrogen-bond donors (Lipinski definition) is 1. The lowest BCUT2D eigenvalue weighted by Gasteiger charge is -2.38. The first-order valence-corrected chi connectivity index (χ1v) is 11.7. The molecule has 1 saturated heterocycles. The van der Waals surface area contributed by atoms with Crippen LogP contribution in [0, 0.1) is 17.0 Å². The summed E-state index contributed by atoms with van der Waals surface area (Å²) < 4.78 is 50.8. The average molecular weight is 542 g/mol. The highest BCUT2D eigenvalue weighted by molar-refractivity contribution is 14.0. The molecule has 0 bridgehead atoms. The fourth-order valence-electron chi connectivity index (χ4n) is 3.64. The van der Waals surface area contributed by atoms with Crippen molar-refractivity contribution < 1.29 is 17.2 Å². The molecule has 0 unspecified atom stereocenters. The highest BCUT2D eigenvalue weighted by atomic mass is 127. The van der Waals surface area contributed by atoms with Crippen molar-refractivity contribution in [3.8, 4) is 0 Å². The number of guanidine groups is 1. The van der Waals surface area contributed by atoms with Crippen LogP contribution in [0.2, 0.25) is 0 Å². The Balaban J connectivity index is 0.00000300. The molecule has 1 heterocycles. The highest BCUT2D eigenvalue weighted by Gasteiger charge is 2.45. The zero-order valence-electron chi connectivity index (χ0n) is 16.8. The van der Waals surface area contributed by atoms with Gasteiger partial charge in [-0.15, -0.1) is 24.0 Å². The number of anilines is 1. The molecule has 164 valence electrons. The van der Waals surface area contributed by atoms with Gasteiger partial charge in [-0.2, -0.15) is 0 Å². The van der Waals surface area contributed by atoms with E-state index in [9.17, 15) is 17.2 Å². The zero-order chi connectivity index (χ0) is 20.4. The molecule has 1 aromatic rings. The Morgan fingerprint density at radius 1 is 1.21 bits per heavy atom. The predicted molar refractivity (Wildman–Crippen MR) is 123 cm³/mol. The van der Waals surface area contributed by atoms with Gasteiger partial charge in [0, 0.05) is 57.0 Å². The van der Waals surface area contributed by atoms with Gasteiger partial charge in [0.2, 0.25) is 0 Å². The number of nitrogens with one attached hydrogen (secondary N) is 1. The van der Waals surface area contributed by atoms with E-state index in [2.05, 4.69) is 10.2 Å². The van der Waals surface area contributed by atoms with Crippen LogP contribution in [0.1, 0.15) is 19.8 Å². The topological polar surface area (TPSA) is 65.0 Å². The number of hydrogen-bond acceptors (Lipinski definition) is 4. The Bertz CT molecular complexity index is 839. The minimum atomic E-state index is -3.03. The molecule has 0 spiro atoms. The molecule has 1 N–H and O–H groups in total. The van der Waals surface area contributed by atoms with Gasteiger partial charge in [0.25, 0.3) is 0 Å². The van der Waals surface area contributed by atoms with Gasteiger partial charge in [0.1, 0.15) is 21.5 Å². The van der Waals surface area contributed by atoms with Crippen LogP contribution < -0.4 is 10.2 Å². The van der Waals surface area contributed by atoms with Gasteiger partial charge in [-0.05, 0) is 31.9 Å². The molecule has 0 aromatic heterocycles. The van der Waals surface area contributed by atoms with Crippen molar-refractivity contribution in [3.63, 3.8) is 0 Å². The first-order valence-electron chi connectivity index (χ1n) is 9.62. The minimum Gasteiger partial charge on any atom is -0.366 e. The van der Waals surface area contributed by atoms with E-state index in [1.54, 1.807) is 0 Å². The van der Waals surface area contributed by atoms with Crippen LogP contribution in [0.15, 0.2) is 23.2 Å². The molecule has 2 aliphatic rings. The number of piperazine rings is 1. The SMILES string of the molecule is CCNC(=NCC1(CS(C)(=O)=O)CC1)N1CCN(c2cc(F)ccc2F)CC1.I. The van der Waals surface area contributed by atoms with Gasteiger partial charge >= 0.3 is 0 Å². The van der Waals surface area contributed by atoms with Crippen LogP contribution in [-0.2, 0) is 9.84 Å². The van der Waals surface area contributed by atoms with E-state index in [0.29, 0.717) is 39.3 Å². The largest absolute Gasteiger partial charge is 0.366 e. The molecule has 0 amide bonds. The Morgan fingerprint density at radius 3 is 2.41 bits per heavy atom. The number of benzene rings is 1. The molecule has 29 heavy (non-hydrogen) atoms. The standard InChI is InChI=1S/C19H28F2N4O2S.HI/c1-3-22-18(23-13-19(6-7-19)14-28(2,26)27)25-10-8-24(9-11-25)17-12-15(20)4-5-16(17)21;/h4-5,12H,3,6-11,13-14H2,1-2H3,(H,22,23);1H. The summed E-state index contributed by atoms with van der Waals surface area (Å²) in [6, 6.07) is 3.50. The second kappa shape index (κ2) is 9.76. The maximum absolute atomic E-state index is 14.0. The molecule has 3 rings (SSSR count). The van der Waals surface area contributed by atoms with E-state index >= 15 is 0 Å². The number of sulfone groups is 1. The van der Waals surface area contributed by atoms with E-state index in [0.717, 1.165) is 30.9 Å². The Morgan fingerprint density at radius 2 is 1.86 bits per heavy atom. The van der Waals surface area contributed by atoms with Crippen molar-refractivity contribution in [3.05, 3.63) is 29.8 Å². The molecule has 6 nitrogen and oxygen atoms in total. The molecular weight excluding hydrogens is 513 g/mol. The second-order valence-electron chi connectivity index (χ2n) is 7.81. The molecular formula is C19H29F2IN4O2S. The van der Waals surface area contributed by atoms with Crippen LogP contribution in [0.25, 0.3) is 0 Å². The quantitative estimate of drug-likeness (QED) is 0.340. The van der Waals surface area contributed by atoms with E-state index in [-0.39, 0.29) is 40.8 Å². The van der Waals surface area contributed by atoms with Gasteiger partial charge in [0.05, 0.1) is 11.4 Å². The molecule has 0 radical (unpaired) electrons. The number of rotatable bonds is 6. The average Bonchev–Trinajstić information content (AvgIpc) is 3.38. The third kappa shape index (κ3) is 6.66. The van der Waals surface area contributed by atoms with E-state index in [4.69, 9.17) is 4.99 Å². The van der Waals surface area contributed by atoms with Crippen LogP contribution in [0.4, 0.5) is 14.5 Å².